The number of nitrogens with zero attached hydrogens (tertiary/aromatic N) is 2. The summed E-state index contributed by atoms with van der Waals surface area (Å²) in [7, 11) is 0. The fraction of sp³-hybridized carbons (Fsp3) is 0. The van der Waals surface area contributed by atoms with E-state index in [0.29, 0.717) is 0 Å². The van der Waals surface area contributed by atoms with Crippen LogP contribution in [0.4, 0.5) is 0 Å². The zero-order chi connectivity index (χ0) is 36.0. The van der Waals surface area contributed by atoms with Crippen molar-refractivity contribution in [2.75, 3.05) is 0 Å². The normalized spacial score (nSPS) is 12.0. The summed E-state index contributed by atoms with van der Waals surface area (Å²) in [4.78, 5) is 0. The van der Waals surface area contributed by atoms with Gasteiger partial charge >= 0.3 is 0 Å². The van der Waals surface area contributed by atoms with Crippen LogP contribution in [0.1, 0.15) is 0 Å². The van der Waals surface area contributed by atoms with Gasteiger partial charge in [-0.05, 0) is 88.3 Å². The van der Waals surface area contributed by atoms with Crippen molar-refractivity contribution in [3.05, 3.63) is 194 Å². The average molecular weight is 717 g/mol. The molecule has 256 valence electrons. The third kappa shape index (κ3) is 4.54. The second-order valence-electron chi connectivity index (χ2n) is 14.5. The zero-order valence-electron chi connectivity index (χ0n) is 29.8. The van der Waals surface area contributed by atoms with Crippen LogP contribution in [0.3, 0.4) is 0 Å². The van der Waals surface area contributed by atoms with Crippen LogP contribution >= 0.6 is 11.3 Å². The molecule has 0 aliphatic carbocycles. The van der Waals surface area contributed by atoms with E-state index in [1.54, 1.807) is 0 Å². The molecule has 2 nitrogen and oxygen atoms in total. The van der Waals surface area contributed by atoms with Gasteiger partial charge in [-0.2, -0.15) is 0 Å². The number of hydrogen-bond acceptors (Lipinski definition) is 1. The van der Waals surface area contributed by atoms with Gasteiger partial charge in [0, 0.05) is 48.1 Å². The molecule has 0 unspecified atom stereocenters. The Morgan fingerprint density at radius 2 is 0.891 bits per heavy atom. The van der Waals surface area contributed by atoms with Gasteiger partial charge < -0.3 is 9.13 Å². The van der Waals surface area contributed by atoms with Gasteiger partial charge in [-0.15, -0.1) is 11.3 Å². The molecule has 0 saturated heterocycles. The Morgan fingerprint density at radius 1 is 0.327 bits per heavy atom. The highest BCUT2D eigenvalue weighted by molar-refractivity contribution is 7.26. The van der Waals surface area contributed by atoms with Crippen LogP contribution in [0.15, 0.2) is 194 Å². The van der Waals surface area contributed by atoms with E-state index in [1.807, 2.05) is 11.3 Å². The smallest absolute Gasteiger partial charge is 0.0641 e. The maximum absolute atomic E-state index is 2.52. The lowest BCUT2D eigenvalue weighted by Gasteiger charge is -2.11. The van der Waals surface area contributed by atoms with Crippen LogP contribution in [-0.2, 0) is 0 Å². The highest BCUT2D eigenvalue weighted by Crippen LogP contribution is 2.44. The van der Waals surface area contributed by atoms with Gasteiger partial charge in [-0.3, -0.25) is 0 Å². The van der Waals surface area contributed by atoms with Gasteiger partial charge in [0.2, 0.25) is 0 Å². The first-order valence-electron chi connectivity index (χ1n) is 18.8. The fourth-order valence-electron chi connectivity index (χ4n) is 8.99. The predicted octanol–water partition coefficient (Wildman–Crippen LogP) is 14.7. The van der Waals surface area contributed by atoms with Gasteiger partial charge in [0.1, 0.15) is 0 Å². The minimum Gasteiger partial charge on any atom is -0.309 e. The number of hydrogen-bond donors (Lipinski definition) is 0. The number of rotatable bonds is 4. The monoisotopic (exact) mass is 716 g/mol. The Morgan fingerprint density at radius 3 is 1.62 bits per heavy atom. The summed E-state index contributed by atoms with van der Waals surface area (Å²) in [6.07, 6.45) is 0. The Hall–Kier alpha value is -6.94. The topological polar surface area (TPSA) is 9.86 Å². The number of benzene rings is 9. The molecule has 0 amide bonds. The Bertz CT molecular complexity index is 3470. The second kappa shape index (κ2) is 11.8. The van der Waals surface area contributed by atoms with Gasteiger partial charge in [-0.25, -0.2) is 0 Å². The summed E-state index contributed by atoms with van der Waals surface area (Å²) >= 11 is 1.89. The van der Waals surface area contributed by atoms with E-state index >= 15 is 0 Å². The first-order chi connectivity index (χ1) is 27.3. The lowest BCUT2D eigenvalue weighted by atomic mass is 9.99. The molecule has 55 heavy (non-hydrogen) atoms. The quantitative estimate of drug-likeness (QED) is 0.172. The summed E-state index contributed by atoms with van der Waals surface area (Å²) in [6.45, 7) is 0. The molecule has 0 N–H and O–H groups in total. The summed E-state index contributed by atoms with van der Waals surface area (Å²) in [5, 5.41) is 10.2. The van der Waals surface area contributed by atoms with Crippen molar-refractivity contribution in [2.24, 2.45) is 0 Å². The summed E-state index contributed by atoms with van der Waals surface area (Å²) < 4.78 is 7.56. The fourth-order valence-corrected chi connectivity index (χ4v) is 10.2. The van der Waals surface area contributed by atoms with Gasteiger partial charge in [0.05, 0.1) is 32.5 Å². The summed E-state index contributed by atoms with van der Waals surface area (Å²) in [5.74, 6) is 0. The standard InChI is InChI=1S/C52H32N2S/c1-3-12-33(13-4-1)35-23-27-46-44(30-35)45-32-37(24-28-47(45)53(46)38-15-5-2-6-16-38)36-25-29-48-43(31-36)41-26-22-34-14-7-8-17-39(34)51(41)54(48)49-20-11-19-42-40-18-9-10-21-50(40)55-52(42)49/h1-32H. The molecule has 0 bridgehead atoms. The van der Waals surface area contributed by atoms with E-state index in [-0.39, 0.29) is 0 Å². The summed E-state index contributed by atoms with van der Waals surface area (Å²) in [5.41, 5.74) is 12.1. The second-order valence-corrected chi connectivity index (χ2v) is 15.6. The molecule has 0 aliphatic heterocycles. The Labute approximate surface area is 321 Å². The number of thiophene rings is 1. The maximum atomic E-state index is 2.52. The summed E-state index contributed by atoms with van der Waals surface area (Å²) in [6, 6.07) is 71.4. The SMILES string of the molecule is c1ccc(-c2ccc3c(c2)c2cc(-c4ccc5c(c4)c4ccc6ccccc6c4n5-c4cccc5c4sc4ccccc45)ccc2n3-c2ccccc2)cc1. The lowest BCUT2D eigenvalue weighted by molar-refractivity contribution is 1.18. The third-order valence-electron chi connectivity index (χ3n) is 11.5. The van der Waals surface area contributed by atoms with E-state index in [1.165, 1.54) is 102 Å². The van der Waals surface area contributed by atoms with Crippen LogP contribution < -0.4 is 0 Å². The number of aromatic nitrogens is 2. The average Bonchev–Trinajstić information content (AvgIpc) is 3.91. The molecule has 12 rings (SSSR count). The van der Waals surface area contributed by atoms with Crippen molar-refractivity contribution in [1.29, 1.82) is 0 Å². The van der Waals surface area contributed by atoms with Crippen LogP contribution in [0.2, 0.25) is 0 Å². The molecule has 0 atom stereocenters. The van der Waals surface area contributed by atoms with Crippen molar-refractivity contribution in [1.82, 2.24) is 9.13 Å². The number of para-hydroxylation sites is 1. The molecule has 0 spiro atoms. The largest absolute Gasteiger partial charge is 0.309 e. The molecule has 0 fully saturated rings. The zero-order valence-corrected chi connectivity index (χ0v) is 30.6. The highest BCUT2D eigenvalue weighted by Gasteiger charge is 2.20. The molecule has 12 aromatic rings. The first kappa shape index (κ1) is 30.5. The van der Waals surface area contributed by atoms with Crippen molar-refractivity contribution in [3.8, 4) is 33.6 Å². The van der Waals surface area contributed by atoms with Crippen LogP contribution in [0, 0.1) is 0 Å². The van der Waals surface area contributed by atoms with Gasteiger partial charge in [0.25, 0.3) is 0 Å². The first-order valence-corrected chi connectivity index (χ1v) is 19.7. The molecule has 3 heterocycles. The van der Waals surface area contributed by atoms with E-state index in [2.05, 4.69) is 203 Å². The predicted molar refractivity (Wildman–Crippen MR) is 236 cm³/mol. The van der Waals surface area contributed by atoms with Crippen LogP contribution in [-0.4, -0.2) is 9.13 Å². The lowest BCUT2D eigenvalue weighted by Crippen LogP contribution is -1.95. The van der Waals surface area contributed by atoms with E-state index in [0.717, 1.165) is 5.69 Å². The molecule has 0 saturated carbocycles. The molecule has 3 heteroatoms. The molecule has 0 radical (unpaired) electrons. The highest BCUT2D eigenvalue weighted by atomic mass is 32.1. The maximum Gasteiger partial charge on any atom is 0.0641 e. The van der Waals surface area contributed by atoms with E-state index < -0.39 is 0 Å². The molecular formula is C52H32N2S. The minimum absolute atomic E-state index is 1.16. The molecule has 3 aromatic heterocycles. The minimum atomic E-state index is 1.16. The van der Waals surface area contributed by atoms with E-state index in [4.69, 9.17) is 0 Å². The third-order valence-corrected chi connectivity index (χ3v) is 12.7. The Kier molecular flexibility index (Phi) is 6.54. The molecule has 9 aromatic carbocycles. The van der Waals surface area contributed by atoms with Gasteiger partial charge in [-0.1, -0.05) is 133 Å². The van der Waals surface area contributed by atoms with Gasteiger partial charge in [0.15, 0.2) is 0 Å². The van der Waals surface area contributed by atoms with Crippen molar-refractivity contribution in [3.63, 3.8) is 0 Å². The van der Waals surface area contributed by atoms with E-state index in [9.17, 15) is 0 Å². The van der Waals surface area contributed by atoms with Crippen molar-refractivity contribution in [2.45, 2.75) is 0 Å². The Balaban J connectivity index is 1.11. The van der Waals surface area contributed by atoms with Crippen LogP contribution in [0.25, 0.3) is 108 Å². The van der Waals surface area contributed by atoms with Crippen LogP contribution in [0.5, 0.6) is 0 Å². The van der Waals surface area contributed by atoms with Crippen molar-refractivity contribution < 1.29 is 0 Å². The molecular weight excluding hydrogens is 685 g/mol. The number of fused-ring (bicyclic) bond motifs is 11. The molecule has 0 aliphatic rings. The van der Waals surface area contributed by atoms with Crippen molar-refractivity contribution >= 4 is 85.9 Å².